The van der Waals surface area contributed by atoms with Gasteiger partial charge in [-0.05, 0) is 25.0 Å². The third-order valence-electron chi connectivity index (χ3n) is 2.65. The molecule has 1 rings (SSSR count). The van der Waals surface area contributed by atoms with E-state index in [1.807, 2.05) is 6.26 Å². The van der Waals surface area contributed by atoms with Gasteiger partial charge < -0.3 is 5.32 Å². The Morgan fingerprint density at radius 3 is 2.86 bits per heavy atom. The Hall–Kier alpha value is 0.110. The van der Waals surface area contributed by atoms with Crippen LogP contribution < -0.4 is 5.32 Å². The van der Waals surface area contributed by atoms with Crippen molar-refractivity contribution in [3.05, 3.63) is 0 Å². The Morgan fingerprint density at radius 1 is 1.50 bits per heavy atom. The zero-order valence-corrected chi connectivity index (χ0v) is 10.2. The molecule has 4 heteroatoms. The minimum Gasteiger partial charge on any atom is -0.355 e. The highest BCUT2D eigenvalue weighted by atomic mass is 35.5. The van der Waals surface area contributed by atoms with Crippen LogP contribution in [0, 0.1) is 5.92 Å². The van der Waals surface area contributed by atoms with Crippen molar-refractivity contribution >= 4 is 29.3 Å². The highest BCUT2D eigenvalue weighted by molar-refractivity contribution is 7.99. The van der Waals surface area contributed by atoms with Crippen molar-refractivity contribution in [2.45, 2.75) is 31.1 Å². The lowest BCUT2D eigenvalue weighted by molar-refractivity contribution is -0.118. The average Bonchev–Trinajstić information content (AvgIpc) is 2.17. The molecule has 1 fully saturated rings. The molecule has 0 aromatic carbocycles. The van der Waals surface area contributed by atoms with Gasteiger partial charge in [-0.25, -0.2) is 0 Å². The number of hydrogen-bond donors (Lipinski definition) is 1. The summed E-state index contributed by atoms with van der Waals surface area (Å²) in [4.78, 5) is 11.2. The molecule has 1 N–H and O–H groups in total. The van der Waals surface area contributed by atoms with Crippen LogP contribution in [0.3, 0.4) is 0 Å². The highest BCUT2D eigenvalue weighted by Gasteiger charge is 2.23. The molecule has 0 aromatic heterocycles. The Labute approximate surface area is 95.2 Å². The van der Waals surface area contributed by atoms with Crippen molar-refractivity contribution in [1.82, 2.24) is 5.32 Å². The summed E-state index contributed by atoms with van der Waals surface area (Å²) in [6.45, 7) is 0.758. The molecule has 0 aliphatic heterocycles. The second-order valence-corrected chi connectivity index (χ2v) is 5.22. The van der Waals surface area contributed by atoms with Crippen LogP contribution in [-0.4, -0.2) is 29.8 Å². The van der Waals surface area contributed by atoms with Gasteiger partial charge in [-0.15, -0.1) is 11.6 Å². The first-order valence-electron chi connectivity index (χ1n) is 5.13. The van der Waals surface area contributed by atoms with Crippen molar-refractivity contribution in [3.63, 3.8) is 0 Å². The van der Waals surface area contributed by atoms with Gasteiger partial charge in [-0.1, -0.05) is 12.8 Å². The van der Waals surface area contributed by atoms with Crippen LogP contribution >= 0.6 is 23.4 Å². The van der Waals surface area contributed by atoms with Crippen LogP contribution in [0.15, 0.2) is 0 Å². The van der Waals surface area contributed by atoms with Gasteiger partial charge in [-0.2, -0.15) is 11.8 Å². The Bertz CT molecular complexity index is 189. The molecule has 82 valence electrons. The third-order valence-corrected chi connectivity index (χ3v) is 3.78. The quantitative estimate of drug-likeness (QED) is 0.758. The highest BCUT2D eigenvalue weighted by Crippen LogP contribution is 2.27. The van der Waals surface area contributed by atoms with Gasteiger partial charge in [0.05, 0.1) is 5.75 Å². The molecule has 0 radical (unpaired) electrons. The SMILES string of the molecule is CSCC(=O)NCC1CCCCC1Cl. The molecule has 2 unspecified atom stereocenters. The number of carbonyl (C=O) groups excluding carboxylic acids is 1. The molecule has 1 aliphatic carbocycles. The van der Waals surface area contributed by atoms with E-state index in [0.717, 1.165) is 19.4 Å². The third kappa shape index (κ3) is 4.09. The summed E-state index contributed by atoms with van der Waals surface area (Å²) in [7, 11) is 0. The molecule has 1 saturated carbocycles. The molecule has 1 aliphatic rings. The standard InChI is InChI=1S/C10H18ClNOS/c1-14-7-10(13)12-6-8-4-2-3-5-9(8)11/h8-9H,2-7H2,1H3,(H,12,13). The molecular weight excluding hydrogens is 218 g/mol. The normalized spacial score (nSPS) is 27.3. The molecule has 0 aromatic rings. The van der Waals surface area contributed by atoms with Crippen LogP contribution in [0.5, 0.6) is 0 Å². The molecular formula is C10H18ClNOS. The molecule has 0 spiro atoms. The molecule has 2 nitrogen and oxygen atoms in total. The fourth-order valence-electron chi connectivity index (χ4n) is 1.82. The van der Waals surface area contributed by atoms with Crippen LogP contribution in [0.2, 0.25) is 0 Å². The van der Waals surface area contributed by atoms with E-state index in [4.69, 9.17) is 11.6 Å². The number of rotatable bonds is 4. The number of alkyl halides is 1. The molecule has 14 heavy (non-hydrogen) atoms. The monoisotopic (exact) mass is 235 g/mol. The van der Waals surface area contributed by atoms with E-state index < -0.39 is 0 Å². The van der Waals surface area contributed by atoms with Gasteiger partial charge in [0.15, 0.2) is 0 Å². The van der Waals surface area contributed by atoms with Crippen LogP contribution in [-0.2, 0) is 4.79 Å². The van der Waals surface area contributed by atoms with E-state index in [0.29, 0.717) is 11.7 Å². The zero-order chi connectivity index (χ0) is 10.4. The van der Waals surface area contributed by atoms with Crippen molar-refractivity contribution in [1.29, 1.82) is 0 Å². The van der Waals surface area contributed by atoms with Crippen LogP contribution in [0.25, 0.3) is 0 Å². The summed E-state index contributed by atoms with van der Waals surface area (Å²) in [5, 5.41) is 3.20. The Kier molecular flexibility index (Phi) is 5.71. The van der Waals surface area contributed by atoms with E-state index in [1.54, 1.807) is 11.8 Å². The van der Waals surface area contributed by atoms with E-state index in [1.165, 1.54) is 12.8 Å². The lowest BCUT2D eigenvalue weighted by atomic mass is 9.89. The smallest absolute Gasteiger partial charge is 0.229 e. The van der Waals surface area contributed by atoms with E-state index in [2.05, 4.69) is 5.32 Å². The predicted molar refractivity (Wildman–Crippen MR) is 63.0 cm³/mol. The van der Waals surface area contributed by atoms with Gasteiger partial charge >= 0.3 is 0 Å². The van der Waals surface area contributed by atoms with Crippen molar-refractivity contribution < 1.29 is 4.79 Å². The van der Waals surface area contributed by atoms with Gasteiger partial charge in [-0.3, -0.25) is 4.79 Å². The second-order valence-electron chi connectivity index (χ2n) is 3.80. The maximum atomic E-state index is 11.2. The predicted octanol–water partition coefficient (Wildman–Crippen LogP) is 2.26. The minimum absolute atomic E-state index is 0.131. The fraction of sp³-hybridized carbons (Fsp3) is 0.900. The van der Waals surface area contributed by atoms with E-state index in [9.17, 15) is 4.79 Å². The maximum Gasteiger partial charge on any atom is 0.229 e. The summed E-state index contributed by atoms with van der Waals surface area (Å²) in [5.41, 5.74) is 0. The summed E-state index contributed by atoms with van der Waals surface area (Å²) in [5.74, 6) is 1.17. The summed E-state index contributed by atoms with van der Waals surface area (Å²) in [6.07, 6.45) is 6.69. The van der Waals surface area contributed by atoms with Gasteiger partial charge in [0.25, 0.3) is 0 Å². The largest absolute Gasteiger partial charge is 0.355 e. The summed E-state index contributed by atoms with van der Waals surface area (Å²) < 4.78 is 0. The molecule has 0 heterocycles. The number of nitrogens with one attached hydrogen (secondary N) is 1. The number of halogens is 1. The minimum atomic E-state index is 0.131. The Morgan fingerprint density at radius 2 is 2.21 bits per heavy atom. The first-order valence-corrected chi connectivity index (χ1v) is 6.96. The number of hydrogen-bond acceptors (Lipinski definition) is 2. The lowest BCUT2D eigenvalue weighted by Gasteiger charge is -2.26. The number of thioether (sulfide) groups is 1. The zero-order valence-electron chi connectivity index (χ0n) is 8.59. The number of carbonyl (C=O) groups is 1. The van der Waals surface area contributed by atoms with Crippen LogP contribution in [0.4, 0.5) is 0 Å². The summed E-state index contributed by atoms with van der Waals surface area (Å²) >= 11 is 7.74. The van der Waals surface area contributed by atoms with Gasteiger partial charge in [0, 0.05) is 11.9 Å². The van der Waals surface area contributed by atoms with Crippen molar-refractivity contribution in [2.75, 3.05) is 18.6 Å². The lowest BCUT2D eigenvalue weighted by Crippen LogP contribution is -2.35. The van der Waals surface area contributed by atoms with Crippen LogP contribution in [0.1, 0.15) is 25.7 Å². The van der Waals surface area contributed by atoms with Gasteiger partial charge in [0.2, 0.25) is 5.91 Å². The molecule has 0 saturated heterocycles. The Balaban J connectivity index is 2.19. The van der Waals surface area contributed by atoms with Crippen molar-refractivity contribution in [3.8, 4) is 0 Å². The van der Waals surface area contributed by atoms with Gasteiger partial charge in [0.1, 0.15) is 0 Å². The first-order chi connectivity index (χ1) is 6.74. The molecule has 2 atom stereocenters. The van der Waals surface area contributed by atoms with E-state index in [-0.39, 0.29) is 11.3 Å². The molecule has 0 bridgehead atoms. The fourth-order valence-corrected chi connectivity index (χ4v) is 2.55. The van der Waals surface area contributed by atoms with E-state index >= 15 is 0 Å². The molecule has 1 amide bonds. The maximum absolute atomic E-state index is 11.2. The summed E-state index contributed by atoms with van der Waals surface area (Å²) in [6, 6.07) is 0. The average molecular weight is 236 g/mol. The van der Waals surface area contributed by atoms with Crippen molar-refractivity contribution in [2.24, 2.45) is 5.92 Å². The first kappa shape index (κ1) is 12.2. The topological polar surface area (TPSA) is 29.1 Å². The number of amides is 1. The second kappa shape index (κ2) is 6.57.